The van der Waals surface area contributed by atoms with E-state index in [1.54, 1.807) is 22.3 Å². The summed E-state index contributed by atoms with van der Waals surface area (Å²) in [6.45, 7) is 1.66. The topological polar surface area (TPSA) is 32.3 Å². The van der Waals surface area contributed by atoms with E-state index in [-0.39, 0.29) is 11.8 Å². The van der Waals surface area contributed by atoms with Gasteiger partial charge in [-0.05, 0) is 52.1 Å². The third-order valence-corrected chi connectivity index (χ3v) is 4.18. The van der Waals surface area contributed by atoms with E-state index in [4.69, 9.17) is 0 Å². The summed E-state index contributed by atoms with van der Waals surface area (Å²) in [6.07, 6.45) is 0.838. The van der Waals surface area contributed by atoms with Gasteiger partial charge in [-0.25, -0.2) is 9.18 Å². The molecule has 0 atom stereocenters. The molecule has 1 aliphatic rings. The van der Waals surface area contributed by atoms with Crippen LogP contribution in [-0.4, -0.2) is 17.5 Å². The maximum absolute atomic E-state index is 13.1. The maximum Gasteiger partial charge on any atom is 0.318 e. The highest BCUT2D eigenvalue weighted by molar-refractivity contribution is 7.07. The van der Waals surface area contributed by atoms with Gasteiger partial charge in [0.1, 0.15) is 5.82 Å². The lowest BCUT2D eigenvalue weighted by atomic mass is 10.1. The predicted molar refractivity (Wildman–Crippen MR) is 77.1 cm³/mol. The van der Waals surface area contributed by atoms with Gasteiger partial charge in [-0.2, -0.15) is 11.3 Å². The fourth-order valence-corrected chi connectivity index (χ4v) is 3.07. The number of benzene rings is 1. The number of fused-ring (bicyclic) bond motifs is 1. The average molecular weight is 290 g/mol. The van der Waals surface area contributed by atoms with Crippen molar-refractivity contribution in [2.75, 3.05) is 6.54 Å². The van der Waals surface area contributed by atoms with Gasteiger partial charge in [-0.15, -0.1) is 0 Å². The molecule has 2 heterocycles. The minimum absolute atomic E-state index is 0.0863. The number of carbonyl (C=O) groups excluding carboxylic acids is 1. The van der Waals surface area contributed by atoms with Gasteiger partial charge in [-0.3, -0.25) is 0 Å². The molecule has 5 heteroatoms. The Hall–Kier alpha value is -1.88. The van der Waals surface area contributed by atoms with E-state index in [2.05, 4.69) is 16.8 Å². The summed E-state index contributed by atoms with van der Waals surface area (Å²) in [5, 5.41) is 7.02. The Morgan fingerprint density at radius 1 is 1.30 bits per heavy atom. The van der Waals surface area contributed by atoms with Crippen molar-refractivity contribution in [1.82, 2.24) is 10.2 Å². The van der Waals surface area contributed by atoms with Gasteiger partial charge >= 0.3 is 6.03 Å². The van der Waals surface area contributed by atoms with Gasteiger partial charge in [0, 0.05) is 19.6 Å². The summed E-state index contributed by atoms with van der Waals surface area (Å²) < 4.78 is 13.1. The summed E-state index contributed by atoms with van der Waals surface area (Å²) in [4.78, 5) is 13.8. The SMILES string of the molecule is O=C(NCCc1ccsc1)N1Cc2ccc(F)cc2C1. The molecular weight excluding hydrogens is 275 g/mol. The summed E-state index contributed by atoms with van der Waals surface area (Å²) >= 11 is 1.66. The molecule has 3 rings (SSSR count). The minimum Gasteiger partial charge on any atom is -0.338 e. The summed E-state index contributed by atoms with van der Waals surface area (Å²) in [5.74, 6) is -0.247. The first-order valence-corrected chi connectivity index (χ1v) is 7.48. The van der Waals surface area contributed by atoms with Crippen molar-refractivity contribution < 1.29 is 9.18 Å². The van der Waals surface area contributed by atoms with Gasteiger partial charge in [0.2, 0.25) is 0 Å². The Morgan fingerprint density at radius 3 is 2.95 bits per heavy atom. The van der Waals surface area contributed by atoms with Crippen LogP contribution in [0.15, 0.2) is 35.0 Å². The Labute approximate surface area is 121 Å². The van der Waals surface area contributed by atoms with Crippen molar-refractivity contribution in [3.8, 4) is 0 Å². The molecule has 1 aromatic carbocycles. The quantitative estimate of drug-likeness (QED) is 0.925. The van der Waals surface area contributed by atoms with Gasteiger partial charge in [0.25, 0.3) is 0 Å². The Kier molecular flexibility index (Phi) is 3.69. The molecule has 2 aromatic rings. The normalized spacial score (nSPS) is 13.3. The molecule has 0 spiro atoms. The molecular formula is C15H15FN2OS. The van der Waals surface area contributed by atoms with E-state index in [0.29, 0.717) is 19.6 Å². The second-order valence-electron chi connectivity index (χ2n) is 4.88. The number of hydrogen-bond donors (Lipinski definition) is 1. The molecule has 3 nitrogen and oxygen atoms in total. The Morgan fingerprint density at radius 2 is 2.15 bits per heavy atom. The maximum atomic E-state index is 13.1. The molecule has 0 unspecified atom stereocenters. The highest BCUT2D eigenvalue weighted by Crippen LogP contribution is 2.23. The van der Waals surface area contributed by atoms with Crippen LogP contribution in [0.5, 0.6) is 0 Å². The zero-order valence-electron chi connectivity index (χ0n) is 10.9. The highest BCUT2D eigenvalue weighted by atomic mass is 32.1. The molecule has 1 N–H and O–H groups in total. The third kappa shape index (κ3) is 2.82. The second-order valence-corrected chi connectivity index (χ2v) is 5.66. The van der Waals surface area contributed by atoms with Crippen LogP contribution in [-0.2, 0) is 19.5 Å². The zero-order chi connectivity index (χ0) is 13.9. The number of halogens is 1. The van der Waals surface area contributed by atoms with E-state index in [1.165, 1.54) is 17.7 Å². The fraction of sp³-hybridized carbons (Fsp3) is 0.267. The lowest BCUT2D eigenvalue weighted by Gasteiger charge is -2.16. The Balaban J connectivity index is 1.52. The fourth-order valence-electron chi connectivity index (χ4n) is 2.37. The molecule has 0 aliphatic carbocycles. The number of thiophene rings is 1. The van der Waals surface area contributed by atoms with Gasteiger partial charge in [0.15, 0.2) is 0 Å². The molecule has 0 bridgehead atoms. The van der Waals surface area contributed by atoms with E-state index >= 15 is 0 Å². The lowest BCUT2D eigenvalue weighted by Crippen LogP contribution is -2.37. The first kappa shape index (κ1) is 13.1. The first-order chi connectivity index (χ1) is 9.72. The number of amides is 2. The number of hydrogen-bond acceptors (Lipinski definition) is 2. The van der Waals surface area contributed by atoms with Crippen LogP contribution in [0.1, 0.15) is 16.7 Å². The number of rotatable bonds is 3. The summed E-state index contributed by atoms with van der Waals surface area (Å²) in [7, 11) is 0. The molecule has 0 fully saturated rings. The van der Waals surface area contributed by atoms with Crippen molar-refractivity contribution in [2.45, 2.75) is 19.5 Å². The molecule has 0 saturated heterocycles. The summed E-state index contributed by atoms with van der Waals surface area (Å²) in [6, 6.07) is 6.68. The predicted octanol–water partition coefficient (Wildman–Crippen LogP) is 3.16. The van der Waals surface area contributed by atoms with E-state index in [0.717, 1.165) is 17.5 Å². The summed E-state index contributed by atoms with van der Waals surface area (Å²) in [5.41, 5.74) is 3.17. The molecule has 2 amide bonds. The molecule has 0 radical (unpaired) electrons. The molecule has 1 aromatic heterocycles. The van der Waals surface area contributed by atoms with Crippen LogP contribution in [0.25, 0.3) is 0 Å². The largest absolute Gasteiger partial charge is 0.338 e. The van der Waals surface area contributed by atoms with Crippen LogP contribution >= 0.6 is 11.3 Å². The van der Waals surface area contributed by atoms with Crippen molar-refractivity contribution in [2.24, 2.45) is 0 Å². The van der Waals surface area contributed by atoms with E-state index < -0.39 is 0 Å². The standard InChI is InChI=1S/C15H15FN2OS/c16-14-2-1-12-8-18(9-13(12)7-14)15(19)17-5-3-11-4-6-20-10-11/h1-2,4,6-7,10H,3,5,8-9H2,(H,17,19). The van der Waals surface area contributed by atoms with Crippen LogP contribution in [0.3, 0.4) is 0 Å². The average Bonchev–Trinajstić information content (AvgIpc) is 3.06. The van der Waals surface area contributed by atoms with E-state index in [9.17, 15) is 9.18 Å². The highest BCUT2D eigenvalue weighted by Gasteiger charge is 2.23. The Bertz CT molecular complexity index is 612. The molecule has 1 aliphatic heterocycles. The van der Waals surface area contributed by atoms with Gasteiger partial charge in [0.05, 0.1) is 0 Å². The number of urea groups is 1. The first-order valence-electron chi connectivity index (χ1n) is 6.53. The van der Waals surface area contributed by atoms with Crippen molar-refractivity contribution in [3.05, 3.63) is 57.5 Å². The lowest BCUT2D eigenvalue weighted by molar-refractivity contribution is 0.198. The van der Waals surface area contributed by atoms with Crippen molar-refractivity contribution in [1.29, 1.82) is 0 Å². The third-order valence-electron chi connectivity index (χ3n) is 3.45. The molecule has 104 valence electrons. The number of nitrogens with one attached hydrogen (secondary N) is 1. The molecule has 20 heavy (non-hydrogen) atoms. The van der Waals surface area contributed by atoms with Crippen LogP contribution < -0.4 is 5.32 Å². The van der Waals surface area contributed by atoms with Crippen LogP contribution in [0, 0.1) is 5.82 Å². The number of nitrogens with zero attached hydrogens (tertiary/aromatic N) is 1. The number of carbonyl (C=O) groups is 1. The van der Waals surface area contributed by atoms with Crippen LogP contribution in [0.4, 0.5) is 9.18 Å². The molecule has 0 saturated carbocycles. The van der Waals surface area contributed by atoms with Crippen molar-refractivity contribution in [3.63, 3.8) is 0 Å². The van der Waals surface area contributed by atoms with Gasteiger partial charge in [-0.1, -0.05) is 6.07 Å². The second kappa shape index (κ2) is 5.63. The van der Waals surface area contributed by atoms with Crippen molar-refractivity contribution >= 4 is 17.4 Å². The van der Waals surface area contributed by atoms with Crippen LogP contribution in [0.2, 0.25) is 0 Å². The van der Waals surface area contributed by atoms with E-state index in [1.807, 2.05) is 5.38 Å². The smallest absolute Gasteiger partial charge is 0.318 e. The zero-order valence-corrected chi connectivity index (χ0v) is 11.8. The minimum atomic E-state index is -0.247. The monoisotopic (exact) mass is 290 g/mol. The van der Waals surface area contributed by atoms with Gasteiger partial charge < -0.3 is 10.2 Å².